The Bertz CT molecular complexity index is 638. The molecule has 2 aromatic rings. The lowest BCUT2D eigenvalue weighted by molar-refractivity contribution is 0.103. The van der Waals surface area contributed by atoms with E-state index in [0.717, 1.165) is 0 Å². The van der Waals surface area contributed by atoms with Crippen molar-refractivity contribution in [3.63, 3.8) is 0 Å². The summed E-state index contributed by atoms with van der Waals surface area (Å²) >= 11 is 5.86. The minimum atomic E-state index is -0.222. The van der Waals surface area contributed by atoms with Gasteiger partial charge in [-0.25, -0.2) is 0 Å². The van der Waals surface area contributed by atoms with Gasteiger partial charge in [0.2, 0.25) is 0 Å². The van der Waals surface area contributed by atoms with Crippen molar-refractivity contribution in [3.8, 4) is 0 Å². The van der Waals surface area contributed by atoms with Crippen LogP contribution in [-0.4, -0.2) is 5.78 Å². The molecule has 0 unspecified atom stereocenters. The van der Waals surface area contributed by atoms with E-state index in [1.54, 1.807) is 30.3 Å². The van der Waals surface area contributed by atoms with Crippen molar-refractivity contribution in [2.45, 2.75) is 0 Å². The molecule has 6 heteroatoms. The first-order valence-corrected chi connectivity index (χ1v) is 5.54. The molecule has 4 nitrogen and oxygen atoms in total. The van der Waals surface area contributed by atoms with Crippen LogP contribution in [0.5, 0.6) is 0 Å². The number of hydrogen-bond acceptors (Lipinski definition) is 2. The maximum atomic E-state index is 12.3. The van der Waals surface area contributed by atoms with E-state index < -0.39 is 0 Å². The summed E-state index contributed by atoms with van der Waals surface area (Å²) in [5.41, 5.74) is 9.57. The largest absolute Gasteiger partial charge is 0.289 e. The Morgan fingerprint density at radius 1 is 1.16 bits per heavy atom. The van der Waals surface area contributed by atoms with E-state index in [0.29, 0.717) is 16.1 Å². The highest BCUT2D eigenvalue weighted by Gasteiger charge is 2.13. The zero-order valence-electron chi connectivity index (χ0n) is 9.65. The highest BCUT2D eigenvalue weighted by Crippen LogP contribution is 2.26. The van der Waals surface area contributed by atoms with E-state index >= 15 is 0 Å². The molecule has 0 heterocycles. The lowest BCUT2D eigenvalue weighted by Crippen LogP contribution is -2.01. The molecule has 2 rings (SSSR count). The second-order valence-electron chi connectivity index (χ2n) is 3.55. The van der Waals surface area contributed by atoms with E-state index in [1.165, 1.54) is 12.1 Å². The van der Waals surface area contributed by atoms with Crippen LogP contribution in [0.25, 0.3) is 10.4 Å². The van der Waals surface area contributed by atoms with Gasteiger partial charge in [0.25, 0.3) is 0 Å². The fraction of sp³-hybridized carbons (Fsp3) is 0. The number of carbonyl (C=O) groups excluding carboxylic acids is 1. The normalized spacial score (nSPS) is 9.11. The molecule has 0 saturated carbocycles. The molecular formula is C13H9Cl2N3O. The summed E-state index contributed by atoms with van der Waals surface area (Å²) in [6.45, 7) is 0. The molecular weight excluding hydrogens is 285 g/mol. The van der Waals surface area contributed by atoms with Crippen LogP contribution in [0, 0.1) is 0 Å². The first-order valence-electron chi connectivity index (χ1n) is 5.17. The molecule has 0 aliphatic heterocycles. The Hall–Kier alpha value is -2.00. The Kier molecular flexibility index (Phi) is 5.39. The highest BCUT2D eigenvalue weighted by atomic mass is 35.5. The quantitative estimate of drug-likeness (QED) is 0.342. The molecule has 0 amide bonds. The van der Waals surface area contributed by atoms with Gasteiger partial charge in [0.15, 0.2) is 5.78 Å². The van der Waals surface area contributed by atoms with Gasteiger partial charge in [-0.3, -0.25) is 4.79 Å². The van der Waals surface area contributed by atoms with Crippen LogP contribution in [-0.2, 0) is 0 Å². The maximum Gasteiger partial charge on any atom is 0.193 e. The SMILES string of the molecule is Cl.[N-]=[N+]=Nc1ccc(Cl)cc1C(=O)c1ccccc1. The Balaban J connectivity index is 0.00000180. The summed E-state index contributed by atoms with van der Waals surface area (Å²) in [4.78, 5) is 15.0. The van der Waals surface area contributed by atoms with Crippen molar-refractivity contribution in [1.82, 2.24) is 0 Å². The van der Waals surface area contributed by atoms with Crippen LogP contribution in [0.2, 0.25) is 5.02 Å². The van der Waals surface area contributed by atoms with Crippen molar-refractivity contribution in [2.75, 3.05) is 0 Å². The monoisotopic (exact) mass is 293 g/mol. The van der Waals surface area contributed by atoms with Gasteiger partial charge in [-0.15, -0.1) is 12.4 Å². The summed E-state index contributed by atoms with van der Waals surface area (Å²) in [7, 11) is 0. The van der Waals surface area contributed by atoms with Gasteiger partial charge < -0.3 is 0 Å². The molecule has 0 bridgehead atoms. The summed E-state index contributed by atoms with van der Waals surface area (Å²) in [5, 5.41) is 3.92. The predicted molar refractivity (Wildman–Crippen MR) is 77.4 cm³/mol. The third-order valence-corrected chi connectivity index (χ3v) is 2.63. The molecule has 0 spiro atoms. The lowest BCUT2D eigenvalue weighted by Gasteiger charge is -2.05. The molecule has 0 fully saturated rings. The number of azide groups is 1. The topological polar surface area (TPSA) is 65.8 Å². The van der Waals surface area contributed by atoms with Crippen LogP contribution in [0.4, 0.5) is 5.69 Å². The number of carbonyl (C=O) groups is 1. The predicted octanol–water partition coefficient (Wildman–Crippen LogP) is 4.93. The van der Waals surface area contributed by atoms with Crippen LogP contribution >= 0.6 is 24.0 Å². The van der Waals surface area contributed by atoms with E-state index in [-0.39, 0.29) is 23.9 Å². The molecule has 0 aromatic heterocycles. The first kappa shape index (κ1) is 15.1. The molecule has 96 valence electrons. The van der Waals surface area contributed by atoms with Gasteiger partial charge >= 0.3 is 0 Å². The number of nitrogens with zero attached hydrogens (tertiary/aromatic N) is 3. The van der Waals surface area contributed by atoms with E-state index in [4.69, 9.17) is 17.1 Å². The van der Waals surface area contributed by atoms with Crippen LogP contribution < -0.4 is 0 Å². The van der Waals surface area contributed by atoms with Gasteiger partial charge in [-0.1, -0.05) is 53.1 Å². The molecule has 2 aromatic carbocycles. The lowest BCUT2D eigenvalue weighted by atomic mass is 10.0. The number of rotatable bonds is 3. The third kappa shape index (κ3) is 3.48. The molecule has 0 N–H and O–H groups in total. The summed E-state index contributed by atoms with van der Waals surface area (Å²) < 4.78 is 0. The standard InChI is InChI=1S/C13H8ClN3O.ClH/c14-10-6-7-12(16-17-15)11(8-10)13(18)9-4-2-1-3-5-9;/h1-8H;1H. The fourth-order valence-electron chi connectivity index (χ4n) is 1.57. The van der Waals surface area contributed by atoms with E-state index in [9.17, 15) is 4.79 Å². The van der Waals surface area contributed by atoms with Gasteiger partial charge in [0.05, 0.1) is 0 Å². The third-order valence-electron chi connectivity index (χ3n) is 2.39. The van der Waals surface area contributed by atoms with Crippen molar-refractivity contribution in [2.24, 2.45) is 5.11 Å². The Labute approximate surface area is 121 Å². The minimum absolute atomic E-state index is 0. The minimum Gasteiger partial charge on any atom is -0.289 e. The van der Waals surface area contributed by atoms with Gasteiger partial charge in [-0.05, 0) is 17.7 Å². The van der Waals surface area contributed by atoms with Crippen LogP contribution in [0.1, 0.15) is 15.9 Å². The zero-order valence-corrected chi connectivity index (χ0v) is 11.2. The zero-order chi connectivity index (χ0) is 13.0. The highest BCUT2D eigenvalue weighted by molar-refractivity contribution is 6.31. The molecule has 0 radical (unpaired) electrons. The Morgan fingerprint density at radius 2 is 1.84 bits per heavy atom. The van der Waals surface area contributed by atoms with Crippen molar-refractivity contribution >= 4 is 35.5 Å². The number of ketones is 1. The maximum absolute atomic E-state index is 12.3. The fourth-order valence-corrected chi connectivity index (χ4v) is 1.74. The number of hydrogen-bond donors (Lipinski definition) is 0. The van der Waals surface area contributed by atoms with Crippen LogP contribution in [0.3, 0.4) is 0 Å². The molecule has 0 atom stereocenters. The van der Waals surface area contributed by atoms with Gasteiger partial charge in [0.1, 0.15) is 0 Å². The molecule has 19 heavy (non-hydrogen) atoms. The average molecular weight is 294 g/mol. The molecule has 0 aliphatic carbocycles. The summed E-state index contributed by atoms with van der Waals surface area (Å²) in [6, 6.07) is 13.4. The van der Waals surface area contributed by atoms with Crippen LogP contribution in [0.15, 0.2) is 53.6 Å². The van der Waals surface area contributed by atoms with E-state index in [2.05, 4.69) is 10.0 Å². The number of benzene rings is 2. The van der Waals surface area contributed by atoms with Crippen molar-refractivity contribution < 1.29 is 4.79 Å². The average Bonchev–Trinajstić information content (AvgIpc) is 2.41. The van der Waals surface area contributed by atoms with Gasteiger partial charge in [-0.2, -0.15) is 0 Å². The summed E-state index contributed by atoms with van der Waals surface area (Å²) in [6.07, 6.45) is 0. The number of halogens is 2. The smallest absolute Gasteiger partial charge is 0.193 e. The molecule has 0 saturated heterocycles. The second kappa shape index (κ2) is 6.81. The Morgan fingerprint density at radius 3 is 2.47 bits per heavy atom. The molecule has 0 aliphatic rings. The summed E-state index contributed by atoms with van der Waals surface area (Å²) in [5.74, 6) is -0.222. The van der Waals surface area contributed by atoms with Crippen molar-refractivity contribution in [1.29, 1.82) is 0 Å². The second-order valence-corrected chi connectivity index (χ2v) is 3.98. The van der Waals surface area contributed by atoms with Crippen molar-refractivity contribution in [3.05, 3.63) is 75.1 Å². The van der Waals surface area contributed by atoms with Gasteiger partial charge in [0, 0.05) is 26.7 Å². The van der Waals surface area contributed by atoms with E-state index in [1.807, 2.05) is 6.07 Å². The first-order chi connectivity index (χ1) is 8.72.